The molecule has 2 amide bonds. The van der Waals surface area contributed by atoms with Crippen LogP contribution in [0.5, 0.6) is 0 Å². The van der Waals surface area contributed by atoms with E-state index < -0.39 is 29.3 Å². The van der Waals surface area contributed by atoms with Gasteiger partial charge in [0.25, 0.3) is 0 Å². The average Bonchev–Trinajstić information content (AvgIpc) is 3.07. The van der Waals surface area contributed by atoms with E-state index in [9.17, 15) is 18.7 Å². The van der Waals surface area contributed by atoms with Gasteiger partial charge in [0.05, 0.1) is 23.8 Å². The molecule has 0 radical (unpaired) electrons. The predicted molar refractivity (Wildman–Crippen MR) is 74.2 cm³/mol. The molecule has 4 unspecified atom stereocenters. The van der Waals surface area contributed by atoms with Gasteiger partial charge in [-0.2, -0.15) is 0 Å². The summed E-state index contributed by atoms with van der Waals surface area (Å²) in [6.45, 7) is -0.272. The largest absolute Gasteiger partial charge is 0.386 e. The van der Waals surface area contributed by atoms with Gasteiger partial charge in [0.2, 0.25) is 0 Å². The molecular formula is C15H18F2N2O3. The van der Waals surface area contributed by atoms with Crippen LogP contribution in [0.3, 0.4) is 0 Å². The van der Waals surface area contributed by atoms with E-state index in [1.807, 2.05) is 0 Å². The lowest BCUT2D eigenvalue weighted by Crippen LogP contribution is -2.47. The van der Waals surface area contributed by atoms with Crippen LogP contribution in [-0.2, 0) is 4.74 Å². The third-order valence-corrected chi connectivity index (χ3v) is 4.21. The first-order valence-electron chi connectivity index (χ1n) is 7.36. The van der Waals surface area contributed by atoms with Crippen LogP contribution in [0.1, 0.15) is 30.9 Å². The zero-order chi connectivity index (χ0) is 15.7. The van der Waals surface area contributed by atoms with Crippen molar-refractivity contribution in [2.75, 3.05) is 6.54 Å². The molecule has 5 nitrogen and oxygen atoms in total. The smallest absolute Gasteiger partial charge is 0.315 e. The number of nitrogens with one attached hydrogen (secondary N) is 2. The van der Waals surface area contributed by atoms with Crippen molar-refractivity contribution in [3.05, 3.63) is 35.4 Å². The molecule has 22 heavy (non-hydrogen) atoms. The lowest BCUT2D eigenvalue weighted by atomic mass is 9.96. The summed E-state index contributed by atoms with van der Waals surface area (Å²) in [5, 5.41) is 15.1. The number of aliphatic hydroxyl groups excluding tert-OH is 1. The number of hydrogen-bond acceptors (Lipinski definition) is 3. The number of aliphatic hydroxyl groups is 1. The molecule has 0 aliphatic carbocycles. The zero-order valence-corrected chi connectivity index (χ0v) is 11.9. The van der Waals surface area contributed by atoms with E-state index >= 15 is 0 Å². The Bertz CT molecular complexity index is 549. The lowest BCUT2D eigenvalue weighted by Gasteiger charge is -2.21. The minimum absolute atomic E-state index is 0.0407. The minimum atomic E-state index is -1.44. The maximum Gasteiger partial charge on any atom is 0.315 e. The zero-order valence-electron chi connectivity index (χ0n) is 11.9. The highest BCUT2D eigenvalue weighted by atomic mass is 19.1. The number of carbonyl (C=O) groups is 1. The molecule has 0 spiro atoms. The molecule has 2 fully saturated rings. The Balaban J connectivity index is 1.50. The van der Waals surface area contributed by atoms with E-state index in [-0.39, 0.29) is 24.8 Å². The minimum Gasteiger partial charge on any atom is -0.386 e. The molecular weight excluding hydrogens is 294 g/mol. The van der Waals surface area contributed by atoms with Crippen LogP contribution in [0.2, 0.25) is 0 Å². The van der Waals surface area contributed by atoms with E-state index in [4.69, 9.17) is 4.74 Å². The maximum absolute atomic E-state index is 13.5. The average molecular weight is 312 g/mol. The summed E-state index contributed by atoms with van der Waals surface area (Å²) < 4.78 is 32.6. The molecule has 7 heteroatoms. The van der Waals surface area contributed by atoms with Gasteiger partial charge in [-0.15, -0.1) is 0 Å². The Morgan fingerprint density at radius 2 is 2.09 bits per heavy atom. The van der Waals surface area contributed by atoms with Gasteiger partial charge in [-0.1, -0.05) is 6.07 Å². The van der Waals surface area contributed by atoms with Gasteiger partial charge in [0, 0.05) is 6.54 Å². The van der Waals surface area contributed by atoms with E-state index in [1.165, 1.54) is 6.07 Å². The fraction of sp³-hybridized carbons (Fsp3) is 0.533. The number of benzene rings is 1. The van der Waals surface area contributed by atoms with Gasteiger partial charge in [-0.25, -0.2) is 13.6 Å². The van der Waals surface area contributed by atoms with Crippen LogP contribution in [0, 0.1) is 11.6 Å². The molecule has 2 aliphatic rings. The highest BCUT2D eigenvalue weighted by molar-refractivity contribution is 5.74. The molecule has 3 N–H and O–H groups in total. The standard InChI is InChI=1S/C15H18F2N2O3/c16-9-2-1-3-10(17)14(9)12(20)7-18-15(21)19-11-6-8-4-5-13(11)22-8/h1-3,8,11-13,20H,4-7H2,(H2,18,19,21). The second kappa shape index (κ2) is 6.18. The number of hydrogen-bond donors (Lipinski definition) is 3. The van der Waals surface area contributed by atoms with Crippen molar-refractivity contribution in [3.8, 4) is 0 Å². The number of carbonyl (C=O) groups excluding carboxylic acids is 1. The van der Waals surface area contributed by atoms with Crippen LogP contribution in [0.15, 0.2) is 18.2 Å². The summed E-state index contributed by atoms with van der Waals surface area (Å²) in [4.78, 5) is 11.8. The van der Waals surface area contributed by atoms with Gasteiger partial charge >= 0.3 is 6.03 Å². The summed E-state index contributed by atoms with van der Waals surface area (Å²) in [6, 6.07) is 2.83. The summed E-state index contributed by atoms with van der Waals surface area (Å²) in [7, 11) is 0. The van der Waals surface area contributed by atoms with Crippen molar-refractivity contribution in [2.24, 2.45) is 0 Å². The number of urea groups is 1. The SMILES string of the molecule is O=C(NCC(O)c1c(F)cccc1F)NC1CC2CCC1O2. The molecule has 2 bridgehead atoms. The first-order valence-corrected chi connectivity index (χ1v) is 7.36. The van der Waals surface area contributed by atoms with Gasteiger partial charge in [-0.3, -0.25) is 0 Å². The quantitative estimate of drug-likeness (QED) is 0.791. The molecule has 0 saturated carbocycles. The Labute approximate surface area is 126 Å². The molecule has 2 aliphatic heterocycles. The molecule has 1 aromatic carbocycles. The van der Waals surface area contributed by atoms with Crippen molar-refractivity contribution in [1.29, 1.82) is 0 Å². The summed E-state index contributed by atoms with van der Waals surface area (Å²) in [5.41, 5.74) is -0.439. The summed E-state index contributed by atoms with van der Waals surface area (Å²) >= 11 is 0. The molecule has 120 valence electrons. The van der Waals surface area contributed by atoms with Crippen LogP contribution in [0.4, 0.5) is 13.6 Å². The molecule has 2 heterocycles. The summed E-state index contributed by atoms with van der Waals surface area (Å²) in [5.74, 6) is -1.67. The Morgan fingerprint density at radius 3 is 2.68 bits per heavy atom. The van der Waals surface area contributed by atoms with E-state index in [1.54, 1.807) is 0 Å². The molecule has 3 rings (SSSR count). The number of ether oxygens (including phenoxy) is 1. The van der Waals surface area contributed by atoms with Crippen molar-refractivity contribution < 1.29 is 23.4 Å². The second-order valence-electron chi connectivity index (χ2n) is 5.72. The van der Waals surface area contributed by atoms with Crippen LogP contribution in [0.25, 0.3) is 0 Å². The second-order valence-corrected chi connectivity index (χ2v) is 5.72. The van der Waals surface area contributed by atoms with Crippen LogP contribution >= 0.6 is 0 Å². The number of fused-ring (bicyclic) bond motifs is 2. The van der Waals surface area contributed by atoms with E-state index in [2.05, 4.69) is 10.6 Å². The topological polar surface area (TPSA) is 70.6 Å². The Hall–Kier alpha value is -1.73. The summed E-state index contributed by atoms with van der Waals surface area (Å²) in [6.07, 6.45) is 1.55. The molecule has 0 aromatic heterocycles. The van der Waals surface area contributed by atoms with Gasteiger partial charge in [0.1, 0.15) is 17.7 Å². The van der Waals surface area contributed by atoms with Gasteiger partial charge < -0.3 is 20.5 Å². The van der Waals surface area contributed by atoms with Crippen LogP contribution < -0.4 is 10.6 Å². The number of amides is 2. The highest BCUT2D eigenvalue weighted by Crippen LogP contribution is 2.34. The lowest BCUT2D eigenvalue weighted by molar-refractivity contribution is 0.0979. The number of halogens is 2. The van der Waals surface area contributed by atoms with E-state index in [0.29, 0.717) is 0 Å². The fourth-order valence-electron chi connectivity index (χ4n) is 3.13. The Morgan fingerprint density at radius 1 is 1.36 bits per heavy atom. The fourth-order valence-corrected chi connectivity index (χ4v) is 3.13. The van der Waals surface area contributed by atoms with Crippen molar-refractivity contribution in [2.45, 2.75) is 43.6 Å². The monoisotopic (exact) mass is 312 g/mol. The molecule has 4 atom stereocenters. The van der Waals surface area contributed by atoms with Gasteiger partial charge in [0.15, 0.2) is 0 Å². The molecule has 2 saturated heterocycles. The van der Waals surface area contributed by atoms with Gasteiger partial charge in [-0.05, 0) is 31.4 Å². The first kappa shape index (κ1) is 15.2. The molecule has 1 aromatic rings. The third-order valence-electron chi connectivity index (χ3n) is 4.21. The maximum atomic E-state index is 13.5. The number of rotatable bonds is 4. The highest BCUT2D eigenvalue weighted by Gasteiger charge is 2.41. The Kier molecular flexibility index (Phi) is 4.26. The normalized spacial score (nSPS) is 27.7. The van der Waals surface area contributed by atoms with E-state index in [0.717, 1.165) is 31.4 Å². The van der Waals surface area contributed by atoms with Crippen molar-refractivity contribution in [1.82, 2.24) is 10.6 Å². The van der Waals surface area contributed by atoms with Crippen molar-refractivity contribution in [3.63, 3.8) is 0 Å². The first-order chi connectivity index (χ1) is 10.5. The predicted octanol–water partition coefficient (Wildman–Crippen LogP) is 1.62. The van der Waals surface area contributed by atoms with Crippen molar-refractivity contribution >= 4 is 6.03 Å². The van der Waals surface area contributed by atoms with Crippen LogP contribution in [-0.4, -0.2) is 35.9 Å². The third kappa shape index (κ3) is 3.05.